The third-order valence-corrected chi connectivity index (χ3v) is 2.37. The van der Waals surface area contributed by atoms with Gasteiger partial charge in [-0.3, -0.25) is 0 Å². The van der Waals surface area contributed by atoms with Gasteiger partial charge in [-0.25, -0.2) is 0 Å². The van der Waals surface area contributed by atoms with Crippen LogP contribution in [0.1, 0.15) is 6.42 Å². The first-order valence-corrected chi connectivity index (χ1v) is 5.64. The van der Waals surface area contributed by atoms with Crippen LogP contribution in [0.15, 0.2) is 4.99 Å². The normalized spacial score (nSPS) is 10.5. The quantitative estimate of drug-likeness (QED) is 0.398. The van der Waals surface area contributed by atoms with Gasteiger partial charge in [0, 0.05) is 20.2 Å². The van der Waals surface area contributed by atoms with Crippen molar-refractivity contribution in [1.29, 1.82) is 10.5 Å². The molecular formula is C9H14N4OS. The lowest BCUT2D eigenvalue weighted by Gasteiger charge is -2.22. The number of rotatable bonds is 5. The Kier molecular flexibility index (Phi) is 8.55. The van der Waals surface area contributed by atoms with Gasteiger partial charge in [0.05, 0.1) is 19.1 Å². The minimum absolute atomic E-state index is 0.411. The van der Waals surface area contributed by atoms with E-state index in [1.54, 1.807) is 13.3 Å². The zero-order chi connectivity index (χ0) is 11.5. The summed E-state index contributed by atoms with van der Waals surface area (Å²) >= 11 is 1.39. The Morgan fingerprint density at radius 2 is 2.20 bits per heavy atom. The standard InChI is InChI=1S/C9H14N4OS/c1-14-7-6-13(5-3-4-10)9(15-2)12-8-11/h3,5-7H2,1-2H3. The van der Waals surface area contributed by atoms with Gasteiger partial charge in [-0.1, -0.05) is 11.8 Å². The van der Waals surface area contributed by atoms with Crippen LogP contribution in [0.2, 0.25) is 0 Å². The van der Waals surface area contributed by atoms with E-state index in [0.717, 1.165) is 0 Å². The Labute approximate surface area is 94.3 Å². The largest absolute Gasteiger partial charge is 0.383 e. The third-order valence-electron chi connectivity index (χ3n) is 1.66. The molecule has 0 amide bonds. The highest BCUT2D eigenvalue weighted by Gasteiger charge is 2.09. The fraction of sp³-hybridized carbons (Fsp3) is 0.667. The predicted molar refractivity (Wildman–Crippen MR) is 60.2 cm³/mol. The highest BCUT2D eigenvalue weighted by molar-refractivity contribution is 8.13. The van der Waals surface area contributed by atoms with Crippen molar-refractivity contribution in [2.45, 2.75) is 6.42 Å². The fourth-order valence-corrected chi connectivity index (χ4v) is 1.55. The summed E-state index contributed by atoms with van der Waals surface area (Å²) in [6.07, 6.45) is 4.01. The Hall–Kier alpha value is -1.24. The van der Waals surface area contributed by atoms with Gasteiger partial charge in [-0.05, 0) is 6.26 Å². The number of aliphatic imine (C=N–C) groups is 1. The van der Waals surface area contributed by atoms with Gasteiger partial charge in [0.25, 0.3) is 0 Å². The average Bonchev–Trinajstić information content (AvgIpc) is 2.27. The maximum absolute atomic E-state index is 8.51. The van der Waals surface area contributed by atoms with E-state index < -0.39 is 0 Å². The van der Waals surface area contributed by atoms with Crippen LogP contribution in [0.3, 0.4) is 0 Å². The Balaban J connectivity index is 4.38. The van der Waals surface area contributed by atoms with Gasteiger partial charge < -0.3 is 9.64 Å². The maximum atomic E-state index is 8.51. The first-order chi connectivity index (χ1) is 7.29. The van der Waals surface area contributed by atoms with E-state index in [2.05, 4.69) is 11.1 Å². The highest BCUT2D eigenvalue weighted by atomic mass is 32.2. The maximum Gasteiger partial charge on any atom is 0.208 e. The van der Waals surface area contributed by atoms with Crippen LogP contribution in [0.5, 0.6) is 0 Å². The minimum atomic E-state index is 0.411. The molecular weight excluding hydrogens is 212 g/mol. The van der Waals surface area contributed by atoms with Crippen molar-refractivity contribution in [3.05, 3.63) is 0 Å². The van der Waals surface area contributed by atoms with Gasteiger partial charge in [0.15, 0.2) is 5.17 Å². The van der Waals surface area contributed by atoms with Crippen molar-refractivity contribution in [2.24, 2.45) is 4.99 Å². The molecule has 0 rings (SSSR count). The zero-order valence-corrected chi connectivity index (χ0v) is 9.75. The summed E-state index contributed by atoms with van der Waals surface area (Å²) in [4.78, 5) is 5.57. The van der Waals surface area contributed by atoms with E-state index in [4.69, 9.17) is 15.3 Å². The smallest absolute Gasteiger partial charge is 0.208 e. The second-order valence-corrected chi connectivity index (χ2v) is 3.36. The minimum Gasteiger partial charge on any atom is -0.383 e. The van der Waals surface area contributed by atoms with Crippen LogP contribution in [0.4, 0.5) is 0 Å². The fourth-order valence-electron chi connectivity index (χ4n) is 0.978. The van der Waals surface area contributed by atoms with Crippen LogP contribution in [-0.2, 0) is 4.74 Å². The van der Waals surface area contributed by atoms with E-state index in [9.17, 15) is 0 Å². The number of amidine groups is 1. The Bertz CT molecular complexity index is 279. The summed E-state index contributed by atoms with van der Waals surface area (Å²) in [5.41, 5.74) is 0. The number of ether oxygens (including phenoxy) is 1. The van der Waals surface area contributed by atoms with E-state index >= 15 is 0 Å². The average molecular weight is 226 g/mol. The summed E-state index contributed by atoms with van der Waals surface area (Å²) in [7, 11) is 1.61. The molecule has 0 aliphatic heterocycles. The summed E-state index contributed by atoms with van der Waals surface area (Å²) < 4.78 is 4.95. The van der Waals surface area contributed by atoms with Crippen molar-refractivity contribution < 1.29 is 4.74 Å². The SMILES string of the molecule is COCCN(CCC#N)C(=NC#N)SC. The molecule has 0 radical (unpaired) electrons. The van der Waals surface area contributed by atoms with Crippen molar-refractivity contribution in [3.8, 4) is 12.3 Å². The summed E-state index contributed by atoms with van der Waals surface area (Å²) in [6, 6.07) is 2.07. The first-order valence-electron chi connectivity index (χ1n) is 4.41. The third kappa shape index (κ3) is 5.95. The van der Waals surface area contributed by atoms with Gasteiger partial charge >= 0.3 is 0 Å². The Morgan fingerprint density at radius 3 is 2.67 bits per heavy atom. The monoisotopic (exact) mass is 226 g/mol. The zero-order valence-electron chi connectivity index (χ0n) is 8.93. The topological polar surface area (TPSA) is 72.4 Å². The highest BCUT2D eigenvalue weighted by Crippen LogP contribution is 2.06. The molecule has 0 heterocycles. The molecule has 0 aromatic rings. The number of hydrogen-bond acceptors (Lipinski definition) is 5. The summed E-state index contributed by atoms with van der Waals surface area (Å²) in [5, 5.41) is 17.6. The second kappa shape index (κ2) is 9.32. The molecule has 15 heavy (non-hydrogen) atoms. The van der Waals surface area contributed by atoms with Crippen LogP contribution < -0.4 is 0 Å². The first kappa shape index (κ1) is 13.8. The van der Waals surface area contributed by atoms with Crippen molar-refractivity contribution in [3.63, 3.8) is 0 Å². The molecule has 0 aromatic heterocycles. The molecule has 0 aliphatic rings. The van der Waals surface area contributed by atoms with E-state index in [1.165, 1.54) is 11.8 Å². The van der Waals surface area contributed by atoms with Crippen LogP contribution in [0.25, 0.3) is 0 Å². The molecule has 0 saturated heterocycles. The molecule has 0 aromatic carbocycles. The van der Waals surface area contributed by atoms with Crippen molar-refractivity contribution in [2.75, 3.05) is 33.1 Å². The summed E-state index contributed by atoms with van der Waals surface area (Å²) in [5.74, 6) is 0. The lowest BCUT2D eigenvalue weighted by atomic mass is 10.4. The van der Waals surface area contributed by atoms with Crippen LogP contribution in [-0.4, -0.2) is 43.1 Å². The molecule has 0 aliphatic carbocycles. The van der Waals surface area contributed by atoms with E-state index in [-0.39, 0.29) is 0 Å². The molecule has 0 spiro atoms. The molecule has 0 fully saturated rings. The lowest BCUT2D eigenvalue weighted by molar-refractivity contribution is 0.177. The molecule has 0 unspecified atom stereocenters. The Morgan fingerprint density at radius 1 is 1.47 bits per heavy atom. The number of nitriles is 2. The van der Waals surface area contributed by atoms with Crippen LogP contribution >= 0.6 is 11.8 Å². The van der Waals surface area contributed by atoms with Crippen molar-refractivity contribution in [1.82, 2.24) is 4.90 Å². The molecule has 82 valence electrons. The number of methoxy groups -OCH3 is 1. The van der Waals surface area contributed by atoms with Crippen LogP contribution in [0, 0.1) is 22.8 Å². The summed E-state index contributed by atoms with van der Waals surface area (Å²) in [6.45, 7) is 1.76. The molecule has 0 N–H and O–H groups in total. The van der Waals surface area contributed by atoms with E-state index in [1.807, 2.05) is 11.2 Å². The second-order valence-electron chi connectivity index (χ2n) is 2.59. The van der Waals surface area contributed by atoms with E-state index in [0.29, 0.717) is 31.3 Å². The number of nitrogens with zero attached hydrogens (tertiary/aromatic N) is 4. The van der Waals surface area contributed by atoms with Gasteiger partial charge in [0.2, 0.25) is 6.19 Å². The number of hydrogen-bond donors (Lipinski definition) is 0. The lowest BCUT2D eigenvalue weighted by Crippen LogP contribution is -2.32. The van der Waals surface area contributed by atoms with Gasteiger partial charge in [-0.15, -0.1) is 4.99 Å². The van der Waals surface area contributed by atoms with Crippen molar-refractivity contribution >= 4 is 16.9 Å². The van der Waals surface area contributed by atoms with Gasteiger partial charge in [-0.2, -0.15) is 10.5 Å². The number of thioether (sulfide) groups is 1. The van der Waals surface area contributed by atoms with Gasteiger partial charge in [0.1, 0.15) is 0 Å². The molecule has 6 heteroatoms. The molecule has 0 bridgehead atoms. The predicted octanol–water partition coefficient (Wildman–Crippen LogP) is 1.05. The molecule has 0 saturated carbocycles. The molecule has 5 nitrogen and oxygen atoms in total. The molecule has 0 atom stereocenters.